The number of fused-ring (bicyclic) bond motifs is 1. The average Bonchev–Trinajstić information content (AvgIpc) is 2.91. The van der Waals surface area contributed by atoms with E-state index in [-0.39, 0.29) is 29.5 Å². The molecule has 0 saturated heterocycles. The van der Waals surface area contributed by atoms with Crippen LogP contribution in [0.3, 0.4) is 0 Å². The van der Waals surface area contributed by atoms with E-state index in [0.717, 1.165) is 0 Å². The van der Waals surface area contributed by atoms with Crippen molar-refractivity contribution in [2.24, 2.45) is 16.9 Å². The summed E-state index contributed by atoms with van der Waals surface area (Å²) < 4.78 is 46.3. The second kappa shape index (κ2) is 6.57. The third-order valence-electron chi connectivity index (χ3n) is 5.18. The number of aliphatic hydroxyl groups is 1. The smallest absolute Gasteiger partial charge is 0.439 e. The fraction of sp³-hybridized carbons (Fsp3) is 0.556. The zero-order valence-electron chi connectivity index (χ0n) is 14.6. The van der Waals surface area contributed by atoms with Gasteiger partial charge in [0, 0.05) is 5.71 Å². The lowest BCUT2D eigenvalue weighted by atomic mass is 9.75. The molecule has 5 nitrogen and oxygen atoms in total. The minimum atomic E-state index is -4.99. The maximum atomic E-state index is 13.8. The zero-order valence-corrected chi connectivity index (χ0v) is 14.6. The molecular formula is C18H21F3N2O3. The summed E-state index contributed by atoms with van der Waals surface area (Å²) in [5.41, 5.74) is -2.50. The number of hydrogen-bond acceptors (Lipinski definition) is 4. The molecule has 3 rings (SSSR count). The lowest BCUT2D eigenvalue weighted by Gasteiger charge is -2.39. The molecule has 1 aliphatic heterocycles. The largest absolute Gasteiger partial charge is 0.497 e. The Kier molecular flexibility index (Phi) is 4.72. The Bertz CT molecular complexity index is 717. The van der Waals surface area contributed by atoms with Gasteiger partial charge < -0.3 is 9.84 Å². The van der Waals surface area contributed by atoms with Crippen LogP contribution in [0, 0.1) is 11.8 Å². The van der Waals surface area contributed by atoms with Crippen molar-refractivity contribution in [2.75, 3.05) is 7.11 Å². The number of ether oxygens (including phenoxy) is 1. The Hall–Kier alpha value is -2.09. The van der Waals surface area contributed by atoms with Crippen LogP contribution in [0.5, 0.6) is 5.75 Å². The number of alkyl halides is 3. The molecule has 0 aromatic heterocycles. The van der Waals surface area contributed by atoms with E-state index in [9.17, 15) is 23.1 Å². The number of benzene rings is 1. The van der Waals surface area contributed by atoms with E-state index in [2.05, 4.69) is 5.10 Å². The van der Waals surface area contributed by atoms with Crippen molar-refractivity contribution in [1.29, 1.82) is 0 Å². The van der Waals surface area contributed by atoms with Gasteiger partial charge in [-0.25, -0.2) is 0 Å². The van der Waals surface area contributed by atoms with E-state index in [1.54, 1.807) is 31.2 Å². The van der Waals surface area contributed by atoms with Crippen molar-refractivity contribution in [3.63, 3.8) is 0 Å². The Labute approximate surface area is 149 Å². The molecule has 0 spiro atoms. The lowest BCUT2D eigenvalue weighted by molar-refractivity contribution is -0.317. The van der Waals surface area contributed by atoms with Crippen LogP contribution in [0.4, 0.5) is 13.2 Å². The molecule has 1 amide bonds. The second-order valence-corrected chi connectivity index (χ2v) is 6.86. The van der Waals surface area contributed by atoms with E-state index in [4.69, 9.17) is 4.74 Å². The van der Waals surface area contributed by atoms with Crippen LogP contribution in [0.25, 0.3) is 0 Å². The number of nitrogens with zero attached hydrogens (tertiary/aromatic N) is 2. The SMILES string of the molecule is COc1ccc(CC(=O)N2N=C3[C@H](C)CCC[C@@H]3[C@]2(O)C(F)(F)F)cc1. The van der Waals surface area contributed by atoms with E-state index < -0.39 is 23.7 Å². The summed E-state index contributed by atoms with van der Waals surface area (Å²) in [5, 5.41) is 14.8. The van der Waals surface area contributed by atoms with Crippen LogP contribution >= 0.6 is 0 Å². The molecule has 3 atom stereocenters. The predicted molar refractivity (Wildman–Crippen MR) is 88.5 cm³/mol. The van der Waals surface area contributed by atoms with Crippen LogP contribution in [0.2, 0.25) is 0 Å². The van der Waals surface area contributed by atoms with Gasteiger partial charge in [0.15, 0.2) is 0 Å². The summed E-state index contributed by atoms with van der Waals surface area (Å²) in [5.74, 6) is -1.70. The number of halogens is 3. The summed E-state index contributed by atoms with van der Waals surface area (Å²) in [6.45, 7) is 1.78. The summed E-state index contributed by atoms with van der Waals surface area (Å²) in [6.07, 6.45) is -3.87. The van der Waals surface area contributed by atoms with Crippen LogP contribution in [0.15, 0.2) is 29.4 Å². The Morgan fingerprint density at radius 1 is 1.35 bits per heavy atom. The van der Waals surface area contributed by atoms with Gasteiger partial charge in [-0.05, 0) is 36.5 Å². The molecule has 0 unspecified atom stereocenters. The maximum Gasteiger partial charge on any atom is 0.439 e. The molecule has 2 aliphatic rings. The van der Waals surface area contributed by atoms with Crippen molar-refractivity contribution in [2.45, 2.75) is 44.5 Å². The number of carbonyl (C=O) groups is 1. The Morgan fingerprint density at radius 3 is 2.58 bits per heavy atom. The van der Waals surface area contributed by atoms with Gasteiger partial charge in [0.25, 0.3) is 5.72 Å². The molecule has 26 heavy (non-hydrogen) atoms. The number of carbonyl (C=O) groups excluding carboxylic acids is 1. The third-order valence-corrected chi connectivity index (χ3v) is 5.18. The fourth-order valence-electron chi connectivity index (χ4n) is 3.74. The second-order valence-electron chi connectivity index (χ2n) is 6.86. The topological polar surface area (TPSA) is 62.1 Å². The molecule has 142 valence electrons. The van der Waals surface area contributed by atoms with Crippen molar-refractivity contribution < 1.29 is 27.8 Å². The van der Waals surface area contributed by atoms with Crippen molar-refractivity contribution in [3.05, 3.63) is 29.8 Å². The van der Waals surface area contributed by atoms with Crippen LogP contribution in [-0.4, -0.2) is 40.7 Å². The first-order valence-corrected chi connectivity index (χ1v) is 8.52. The molecule has 8 heteroatoms. The standard InChI is InChI=1S/C18H21F3N2O3/c1-11-4-3-5-14-16(11)22-23(17(14,25)18(19,20)21)15(24)10-12-6-8-13(26-2)9-7-12/h6-9,11,14,25H,3-5,10H2,1-2H3/t11-,14+,17+/m1/s1. The number of hydrogen-bond donors (Lipinski definition) is 1. The van der Waals surface area contributed by atoms with Crippen molar-refractivity contribution in [3.8, 4) is 5.75 Å². The van der Waals surface area contributed by atoms with Crippen LogP contribution in [0.1, 0.15) is 31.7 Å². The van der Waals surface area contributed by atoms with Crippen molar-refractivity contribution in [1.82, 2.24) is 5.01 Å². The highest BCUT2D eigenvalue weighted by Gasteiger charge is 2.68. The van der Waals surface area contributed by atoms with E-state index in [0.29, 0.717) is 24.2 Å². The third kappa shape index (κ3) is 2.96. The highest BCUT2D eigenvalue weighted by molar-refractivity contribution is 5.95. The summed E-state index contributed by atoms with van der Waals surface area (Å²) >= 11 is 0. The molecule has 0 bridgehead atoms. The Morgan fingerprint density at radius 2 is 2.00 bits per heavy atom. The van der Waals surface area contributed by atoms with Gasteiger partial charge in [-0.1, -0.05) is 25.5 Å². The van der Waals surface area contributed by atoms with Gasteiger partial charge >= 0.3 is 6.18 Å². The Balaban J connectivity index is 1.90. The van der Waals surface area contributed by atoms with Crippen molar-refractivity contribution >= 4 is 11.6 Å². The quantitative estimate of drug-likeness (QED) is 0.889. The first kappa shape index (κ1) is 18.7. The number of methoxy groups -OCH3 is 1. The highest BCUT2D eigenvalue weighted by Crippen LogP contribution is 2.49. The monoisotopic (exact) mass is 370 g/mol. The zero-order chi connectivity index (χ0) is 19.1. The fourth-order valence-corrected chi connectivity index (χ4v) is 3.74. The van der Waals surface area contributed by atoms with Gasteiger partial charge in [-0.15, -0.1) is 0 Å². The normalized spacial score (nSPS) is 28.5. The number of amides is 1. The predicted octanol–water partition coefficient (Wildman–Crippen LogP) is 3.12. The summed E-state index contributed by atoms with van der Waals surface area (Å²) in [7, 11) is 1.49. The first-order valence-electron chi connectivity index (χ1n) is 8.52. The van der Waals surface area contributed by atoms with Gasteiger partial charge in [0.1, 0.15) is 5.75 Å². The molecule has 1 aliphatic carbocycles. The highest BCUT2D eigenvalue weighted by atomic mass is 19.4. The van der Waals surface area contributed by atoms with Crippen LogP contribution < -0.4 is 4.74 Å². The number of hydrazone groups is 1. The van der Waals surface area contributed by atoms with E-state index in [1.165, 1.54) is 7.11 Å². The first-order chi connectivity index (χ1) is 12.2. The summed E-state index contributed by atoms with van der Waals surface area (Å²) in [6, 6.07) is 6.44. The van der Waals surface area contributed by atoms with Crippen LogP contribution in [-0.2, 0) is 11.2 Å². The van der Waals surface area contributed by atoms with Gasteiger partial charge in [-0.2, -0.15) is 23.3 Å². The molecule has 1 aromatic carbocycles. The van der Waals surface area contributed by atoms with Gasteiger partial charge in [0.2, 0.25) is 5.91 Å². The minimum absolute atomic E-state index is 0.158. The van der Waals surface area contributed by atoms with Gasteiger partial charge in [0.05, 0.1) is 19.4 Å². The van der Waals surface area contributed by atoms with E-state index in [1.807, 2.05) is 0 Å². The lowest BCUT2D eigenvalue weighted by Crippen LogP contribution is -2.62. The van der Waals surface area contributed by atoms with E-state index >= 15 is 0 Å². The minimum Gasteiger partial charge on any atom is -0.497 e. The maximum absolute atomic E-state index is 13.8. The van der Waals surface area contributed by atoms with Gasteiger partial charge in [-0.3, -0.25) is 4.79 Å². The molecule has 1 saturated carbocycles. The molecule has 0 radical (unpaired) electrons. The number of rotatable bonds is 3. The molecule has 1 heterocycles. The molecule has 1 N–H and O–H groups in total. The average molecular weight is 370 g/mol. The molecule has 1 aromatic rings. The molecule has 1 fully saturated rings. The summed E-state index contributed by atoms with van der Waals surface area (Å²) in [4.78, 5) is 12.6. The molecular weight excluding hydrogens is 349 g/mol.